The van der Waals surface area contributed by atoms with Crippen molar-refractivity contribution in [3.8, 4) is 0 Å². The molecule has 3 aromatic rings. The molecule has 1 aliphatic rings. The normalized spacial score (nSPS) is 14.8. The molecule has 0 unspecified atom stereocenters. The highest BCUT2D eigenvalue weighted by Gasteiger charge is 2.28. The average Bonchev–Trinajstić information content (AvgIpc) is 2.87. The third-order valence-electron chi connectivity index (χ3n) is 5.96. The lowest BCUT2D eigenvalue weighted by molar-refractivity contribution is 0.102. The molecule has 0 saturated carbocycles. The molecule has 0 aromatic heterocycles. The summed E-state index contributed by atoms with van der Waals surface area (Å²) in [5, 5.41) is 2.65. The topological polar surface area (TPSA) is 113 Å². The number of rotatable bonds is 7. The Balaban J connectivity index is 1.53. The van der Waals surface area contributed by atoms with E-state index in [2.05, 4.69) is 10.0 Å². The number of aryl methyl sites for hydroxylation is 1. The van der Waals surface area contributed by atoms with Crippen molar-refractivity contribution in [1.29, 1.82) is 0 Å². The Labute approximate surface area is 214 Å². The van der Waals surface area contributed by atoms with E-state index in [1.807, 2.05) is 0 Å². The number of amides is 1. The van der Waals surface area contributed by atoms with Gasteiger partial charge in [0.25, 0.3) is 15.9 Å². The minimum absolute atomic E-state index is 0.0228. The fourth-order valence-electron chi connectivity index (χ4n) is 3.99. The maximum Gasteiger partial charge on any atom is 0.261 e. The lowest BCUT2D eigenvalue weighted by atomic mass is 10.1. The van der Waals surface area contributed by atoms with E-state index in [-0.39, 0.29) is 21.8 Å². The van der Waals surface area contributed by atoms with Gasteiger partial charge >= 0.3 is 0 Å². The summed E-state index contributed by atoms with van der Waals surface area (Å²) in [6.07, 6.45) is 2.58. The molecule has 12 heteroatoms. The van der Waals surface area contributed by atoms with E-state index in [1.54, 1.807) is 19.1 Å². The Bertz CT molecular complexity index is 1550. The standard InChI is InChI=1S/C25H25F2N3O5S2/c1-17-8-9-19(15-24(17)37(34,35)30-12-3-2-4-13-30)28-25(31)18-6-5-7-20(14-18)29-36(32,33)21-10-11-22(26)23(27)16-21/h5-11,14-16,29H,2-4,12-13H2,1H3,(H,28,31). The van der Waals surface area contributed by atoms with Crippen molar-refractivity contribution in [2.24, 2.45) is 0 Å². The van der Waals surface area contributed by atoms with Gasteiger partial charge in [-0.1, -0.05) is 18.6 Å². The molecule has 37 heavy (non-hydrogen) atoms. The van der Waals surface area contributed by atoms with Crippen LogP contribution in [0.25, 0.3) is 0 Å². The number of halogens is 2. The fourth-order valence-corrected chi connectivity index (χ4v) is 6.81. The lowest BCUT2D eigenvalue weighted by Crippen LogP contribution is -2.36. The van der Waals surface area contributed by atoms with Gasteiger partial charge in [-0.25, -0.2) is 25.6 Å². The molecule has 0 bridgehead atoms. The van der Waals surface area contributed by atoms with E-state index in [0.29, 0.717) is 30.8 Å². The number of carbonyl (C=O) groups excluding carboxylic acids is 1. The molecule has 0 spiro atoms. The van der Waals surface area contributed by atoms with Crippen LogP contribution in [0.2, 0.25) is 0 Å². The van der Waals surface area contributed by atoms with Crippen LogP contribution in [0.1, 0.15) is 35.2 Å². The van der Waals surface area contributed by atoms with E-state index >= 15 is 0 Å². The summed E-state index contributed by atoms with van der Waals surface area (Å²) < 4.78 is 81.8. The molecule has 2 N–H and O–H groups in total. The number of nitrogens with zero attached hydrogens (tertiary/aromatic N) is 1. The van der Waals surface area contributed by atoms with Crippen LogP contribution in [-0.2, 0) is 20.0 Å². The van der Waals surface area contributed by atoms with Crippen LogP contribution >= 0.6 is 0 Å². The van der Waals surface area contributed by atoms with E-state index in [1.165, 1.54) is 34.6 Å². The first-order valence-corrected chi connectivity index (χ1v) is 14.4. The molecular formula is C25H25F2N3O5S2. The Kier molecular flexibility index (Phi) is 7.62. The monoisotopic (exact) mass is 549 g/mol. The number of anilines is 2. The van der Waals surface area contributed by atoms with Gasteiger partial charge in [0.15, 0.2) is 11.6 Å². The van der Waals surface area contributed by atoms with Crippen molar-refractivity contribution >= 4 is 37.3 Å². The fraction of sp³-hybridized carbons (Fsp3) is 0.240. The summed E-state index contributed by atoms with van der Waals surface area (Å²) in [7, 11) is -7.97. The second kappa shape index (κ2) is 10.6. The Morgan fingerprint density at radius 3 is 2.27 bits per heavy atom. The van der Waals surface area contributed by atoms with Crippen molar-refractivity contribution in [3.05, 3.63) is 83.4 Å². The van der Waals surface area contributed by atoms with Crippen LogP contribution in [0.3, 0.4) is 0 Å². The van der Waals surface area contributed by atoms with Crippen LogP contribution in [0, 0.1) is 18.6 Å². The molecule has 196 valence electrons. The Morgan fingerprint density at radius 1 is 0.838 bits per heavy atom. The van der Waals surface area contributed by atoms with Crippen LogP contribution in [0.15, 0.2) is 70.5 Å². The summed E-state index contributed by atoms with van der Waals surface area (Å²) in [6.45, 7) is 2.59. The molecule has 1 amide bonds. The van der Waals surface area contributed by atoms with Crippen molar-refractivity contribution in [2.45, 2.75) is 36.0 Å². The highest BCUT2D eigenvalue weighted by atomic mass is 32.2. The molecule has 0 radical (unpaired) electrons. The predicted molar refractivity (Wildman–Crippen MR) is 135 cm³/mol. The van der Waals surface area contributed by atoms with Gasteiger partial charge in [0.1, 0.15) is 0 Å². The van der Waals surface area contributed by atoms with E-state index in [9.17, 15) is 30.4 Å². The van der Waals surface area contributed by atoms with Gasteiger partial charge in [0.05, 0.1) is 9.79 Å². The van der Waals surface area contributed by atoms with Gasteiger partial charge in [-0.3, -0.25) is 9.52 Å². The van der Waals surface area contributed by atoms with Gasteiger partial charge in [0, 0.05) is 30.0 Å². The largest absolute Gasteiger partial charge is 0.322 e. The van der Waals surface area contributed by atoms with Crippen LogP contribution in [-0.4, -0.2) is 40.1 Å². The average molecular weight is 550 g/mol. The number of piperidine rings is 1. The maximum absolute atomic E-state index is 13.5. The maximum atomic E-state index is 13.5. The Hall–Kier alpha value is -3.35. The summed E-state index contributed by atoms with van der Waals surface area (Å²) in [5.74, 6) is -3.09. The predicted octanol–water partition coefficient (Wildman–Crippen LogP) is 4.50. The number of hydrogen-bond acceptors (Lipinski definition) is 5. The van der Waals surface area contributed by atoms with Crippen LogP contribution < -0.4 is 10.0 Å². The van der Waals surface area contributed by atoms with Gasteiger partial charge in [-0.15, -0.1) is 0 Å². The molecule has 3 aromatic carbocycles. The summed E-state index contributed by atoms with van der Waals surface area (Å²) in [4.78, 5) is 12.5. The van der Waals surface area contributed by atoms with Gasteiger partial charge in [0.2, 0.25) is 10.0 Å². The quantitative estimate of drug-likeness (QED) is 0.451. The molecule has 0 aliphatic carbocycles. The molecular weight excluding hydrogens is 524 g/mol. The first-order chi connectivity index (χ1) is 17.5. The number of hydrogen-bond donors (Lipinski definition) is 2. The second-order valence-corrected chi connectivity index (χ2v) is 12.3. The smallest absolute Gasteiger partial charge is 0.261 e. The van der Waals surface area contributed by atoms with Crippen LogP contribution in [0.5, 0.6) is 0 Å². The van der Waals surface area contributed by atoms with Crippen LogP contribution in [0.4, 0.5) is 20.2 Å². The minimum Gasteiger partial charge on any atom is -0.322 e. The Morgan fingerprint density at radius 2 is 1.57 bits per heavy atom. The SMILES string of the molecule is Cc1ccc(NC(=O)c2cccc(NS(=O)(=O)c3ccc(F)c(F)c3)c2)cc1S(=O)(=O)N1CCCCC1. The molecule has 1 fully saturated rings. The van der Waals surface area contributed by atoms with Gasteiger partial charge in [-0.05, 0) is 73.9 Å². The molecule has 1 heterocycles. The van der Waals surface area contributed by atoms with Gasteiger partial charge in [-0.2, -0.15) is 4.31 Å². The molecule has 0 atom stereocenters. The number of carbonyl (C=O) groups is 1. The first kappa shape index (κ1) is 26.7. The molecule has 1 saturated heterocycles. The molecule has 1 aliphatic heterocycles. The summed E-state index contributed by atoms with van der Waals surface area (Å²) >= 11 is 0. The second-order valence-electron chi connectivity index (χ2n) is 8.66. The third-order valence-corrected chi connectivity index (χ3v) is 9.38. The number of sulfonamides is 2. The van der Waals surface area contributed by atoms with Crippen molar-refractivity contribution in [2.75, 3.05) is 23.1 Å². The zero-order chi connectivity index (χ0) is 26.8. The minimum atomic E-state index is -4.25. The van der Waals surface area contributed by atoms with E-state index < -0.39 is 42.5 Å². The zero-order valence-electron chi connectivity index (χ0n) is 19.9. The summed E-state index contributed by atoms with van der Waals surface area (Å²) in [5.41, 5.74) is 0.928. The van der Waals surface area contributed by atoms with Crippen molar-refractivity contribution in [1.82, 2.24) is 4.31 Å². The highest BCUT2D eigenvalue weighted by Crippen LogP contribution is 2.27. The number of benzene rings is 3. The van der Waals surface area contributed by atoms with Crippen molar-refractivity contribution in [3.63, 3.8) is 0 Å². The third kappa shape index (κ3) is 5.97. The summed E-state index contributed by atoms with van der Waals surface area (Å²) in [6, 6.07) is 12.3. The van der Waals surface area contributed by atoms with E-state index in [4.69, 9.17) is 0 Å². The molecule has 4 rings (SSSR count). The zero-order valence-corrected chi connectivity index (χ0v) is 21.5. The first-order valence-electron chi connectivity index (χ1n) is 11.5. The van der Waals surface area contributed by atoms with E-state index in [0.717, 1.165) is 25.3 Å². The number of nitrogens with one attached hydrogen (secondary N) is 2. The highest BCUT2D eigenvalue weighted by molar-refractivity contribution is 7.92. The lowest BCUT2D eigenvalue weighted by Gasteiger charge is -2.26. The van der Waals surface area contributed by atoms with Gasteiger partial charge < -0.3 is 5.32 Å². The molecule has 8 nitrogen and oxygen atoms in total. The van der Waals surface area contributed by atoms with Crippen molar-refractivity contribution < 1.29 is 30.4 Å².